The molecule has 1 heterocycles. The van der Waals surface area contributed by atoms with E-state index >= 15 is 0 Å². The van der Waals surface area contributed by atoms with Gasteiger partial charge in [0.25, 0.3) is 0 Å². The molecule has 1 aromatic heterocycles. The first kappa shape index (κ1) is 7.34. The number of nitrogens with two attached hydrogens (primary N) is 1. The lowest BCUT2D eigenvalue weighted by Gasteiger charge is -2.02. The van der Waals surface area contributed by atoms with E-state index in [0.717, 1.165) is 10.2 Å². The van der Waals surface area contributed by atoms with Crippen molar-refractivity contribution in [1.82, 2.24) is 4.98 Å². The molecule has 0 unspecified atom stereocenters. The zero-order chi connectivity index (χ0) is 7.56. The maximum absolute atomic E-state index is 5.51. The van der Waals surface area contributed by atoms with E-state index < -0.39 is 0 Å². The Balaban J connectivity index is 3.09. The summed E-state index contributed by atoms with van der Waals surface area (Å²) in [4.78, 5) is 3.92. The minimum absolute atomic E-state index is 0.519. The highest BCUT2D eigenvalue weighted by atomic mass is 79.9. The number of aromatic nitrogens is 1. The fraction of sp³-hybridized carbons (Fsp3) is 0.167. The molecule has 0 bridgehead atoms. The summed E-state index contributed by atoms with van der Waals surface area (Å²) in [5.41, 5.74) is 6.35. The van der Waals surface area contributed by atoms with E-state index in [2.05, 4.69) is 26.2 Å². The first-order valence-electron chi connectivity index (χ1n) is 2.83. The summed E-state index contributed by atoms with van der Waals surface area (Å²) in [7, 11) is 1.81. The van der Waals surface area contributed by atoms with Crippen molar-refractivity contribution < 1.29 is 0 Å². The summed E-state index contributed by atoms with van der Waals surface area (Å²) in [5.74, 6) is 0.519. The molecule has 0 saturated heterocycles. The van der Waals surface area contributed by atoms with Crippen LogP contribution in [0.3, 0.4) is 0 Å². The molecule has 0 aliphatic rings. The third kappa shape index (κ3) is 1.39. The molecule has 0 amide bonds. The lowest BCUT2D eigenvalue weighted by molar-refractivity contribution is 1.30. The van der Waals surface area contributed by atoms with Crippen LogP contribution in [0.1, 0.15) is 0 Å². The Hall–Kier alpha value is -0.770. The Bertz CT molecular complexity index is 236. The molecular formula is C6H8BrN3. The van der Waals surface area contributed by atoms with Crippen molar-refractivity contribution in [3.8, 4) is 0 Å². The molecule has 4 heteroatoms. The molecule has 0 radical (unpaired) electrons. The van der Waals surface area contributed by atoms with E-state index in [4.69, 9.17) is 5.73 Å². The standard InChI is InChI=1S/C6H8BrN3/c1-9-5-2-4(7)3-10-6(5)8/h2-3,9H,1H3,(H2,8,10). The van der Waals surface area contributed by atoms with Crippen molar-refractivity contribution >= 4 is 27.4 Å². The second-order valence-electron chi connectivity index (χ2n) is 1.84. The van der Waals surface area contributed by atoms with Gasteiger partial charge in [-0.1, -0.05) is 0 Å². The lowest BCUT2D eigenvalue weighted by atomic mass is 10.4. The molecule has 0 atom stereocenters. The van der Waals surface area contributed by atoms with Gasteiger partial charge in [0.05, 0.1) is 5.69 Å². The van der Waals surface area contributed by atoms with Crippen LogP contribution in [0, 0.1) is 0 Å². The maximum Gasteiger partial charge on any atom is 0.146 e. The zero-order valence-electron chi connectivity index (χ0n) is 5.56. The minimum Gasteiger partial charge on any atom is -0.385 e. The highest BCUT2D eigenvalue weighted by Crippen LogP contribution is 2.19. The van der Waals surface area contributed by atoms with Gasteiger partial charge in [-0.25, -0.2) is 4.98 Å². The van der Waals surface area contributed by atoms with E-state index in [1.165, 1.54) is 0 Å². The number of nitrogens with one attached hydrogen (secondary N) is 1. The molecule has 0 aliphatic carbocycles. The summed E-state index contributed by atoms with van der Waals surface area (Å²) in [6.07, 6.45) is 1.66. The number of hydrogen-bond donors (Lipinski definition) is 2. The molecule has 3 nitrogen and oxygen atoms in total. The van der Waals surface area contributed by atoms with Crippen LogP contribution < -0.4 is 11.1 Å². The van der Waals surface area contributed by atoms with Gasteiger partial charge in [0.15, 0.2) is 0 Å². The van der Waals surface area contributed by atoms with Crippen molar-refractivity contribution in [3.05, 3.63) is 16.7 Å². The Labute approximate surface area is 67.8 Å². The van der Waals surface area contributed by atoms with Crippen LogP contribution in [0.15, 0.2) is 16.7 Å². The van der Waals surface area contributed by atoms with E-state index in [1.807, 2.05) is 6.07 Å². The number of pyridine rings is 1. The molecule has 0 spiro atoms. The van der Waals surface area contributed by atoms with Crippen LogP contribution in [0.5, 0.6) is 0 Å². The van der Waals surface area contributed by atoms with Crippen LogP contribution in [0.25, 0.3) is 0 Å². The number of rotatable bonds is 1. The zero-order valence-corrected chi connectivity index (χ0v) is 7.14. The molecule has 1 aromatic rings. The molecule has 0 aromatic carbocycles. The molecule has 0 fully saturated rings. The average molecular weight is 202 g/mol. The Kier molecular flexibility index (Phi) is 2.11. The highest BCUT2D eigenvalue weighted by Gasteiger charge is 1.96. The monoisotopic (exact) mass is 201 g/mol. The van der Waals surface area contributed by atoms with Gasteiger partial charge in [-0.05, 0) is 22.0 Å². The smallest absolute Gasteiger partial charge is 0.146 e. The van der Waals surface area contributed by atoms with Crippen molar-refractivity contribution in [2.75, 3.05) is 18.1 Å². The minimum atomic E-state index is 0.519. The van der Waals surface area contributed by atoms with Crippen LogP contribution >= 0.6 is 15.9 Å². The van der Waals surface area contributed by atoms with Gasteiger partial charge < -0.3 is 11.1 Å². The molecule has 0 saturated carbocycles. The van der Waals surface area contributed by atoms with Gasteiger partial charge in [0.2, 0.25) is 0 Å². The Morgan fingerprint density at radius 1 is 1.70 bits per heavy atom. The Morgan fingerprint density at radius 3 is 2.90 bits per heavy atom. The fourth-order valence-electron chi connectivity index (χ4n) is 0.650. The molecule has 1 rings (SSSR count). The van der Waals surface area contributed by atoms with Crippen LogP contribution in [-0.2, 0) is 0 Å². The number of hydrogen-bond acceptors (Lipinski definition) is 3. The average Bonchev–Trinajstić information content (AvgIpc) is 1.94. The third-order valence-electron chi connectivity index (χ3n) is 1.15. The second-order valence-corrected chi connectivity index (χ2v) is 2.75. The molecule has 3 N–H and O–H groups in total. The second kappa shape index (κ2) is 2.88. The van der Waals surface area contributed by atoms with Gasteiger partial charge in [-0.15, -0.1) is 0 Å². The predicted octanol–water partition coefficient (Wildman–Crippen LogP) is 1.47. The van der Waals surface area contributed by atoms with Gasteiger partial charge in [-0.2, -0.15) is 0 Å². The molecule has 54 valence electrons. The maximum atomic E-state index is 5.51. The van der Waals surface area contributed by atoms with Crippen molar-refractivity contribution in [1.29, 1.82) is 0 Å². The SMILES string of the molecule is CNc1cc(Br)cnc1N. The van der Waals surface area contributed by atoms with Crippen molar-refractivity contribution in [2.45, 2.75) is 0 Å². The summed E-state index contributed by atoms with van der Waals surface area (Å²) in [5, 5.41) is 2.92. The van der Waals surface area contributed by atoms with Crippen molar-refractivity contribution in [3.63, 3.8) is 0 Å². The Morgan fingerprint density at radius 2 is 2.40 bits per heavy atom. The van der Waals surface area contributed by atoms with E-state index in [-0.39, 0.29) is 0 Å². The first-order valence-corrected chi connectivity index (χ1v) is 3.62. The highest BCUT2D eigenvalue weighted by molar-refractivity contribution is 9.10. The van der Waals surface area contributed by atoms with Gasteiger partial charge in [-0.3, -0.25) is 0 Å². The van der Waals surface area contributed by atoms with Gasteiger partial charge in [0, 0.05) is 17.7 Å². The topological polar surface area (TPSA) is 50.9 Å². The first-order chi connectivity index (χ1) is 4.74. The number of nitrogen functional groups attached to an aromatic ring is 1. The van der Waals surface area contributed by atoms with Gasteiger partial charge >= 0.3 is 0 Å². The largest absolute Gasteiger partial charge is 0.385 e. The summed E-state index contributed by atoms with van der Waals surface area (Å²) in [6, 6.07) is 1.88. The van der Waals surface area contributed by atoms with Crippen LogP contribution in [0.2, 0.25) is 0 Å². The predicted molar refractivity (Wildman–Crippen MR) is 45.9 cm³/mol. The number of anilines is 2. The quantitative estimate of drug-likeness (QED) is 0.724. The molecule has 10 heavy (non-hydrogen) atoms. The van der Waals surface area contributed by atoms with E-state index in [9.17, 15) is 0 Å². The summed E-state index contributed by atoms with van der Waals surface area (Å²) < 4.78 is 0.922. The van der Waals surface area contributed by atoms with E-state index in [0.29, 0.717) is 5.82 Å². The molecule has 0 aliphatic heterocycles. The number of halogens is 1. The van der Waals surface area contributed by atoms with E-state index in [1.54, 1.807) is 13.2 Å². The lowest BCUT2D eigenvalue weighted by Crippen LogP contribution is -1.97. The summed E-state index contributed by atoms with van der Waals surface area (Å²) >= 11 is 3.28. The van der Waals surface area contributed by atoms with Crippen molar-refractivity contribution in [2.24, 2.45) is 0 Å². The normalized spacial score (nSPS) is 9.40. The number of nitrogens with zero attached hydrogens (tertiary/aromatic N) is 1. The van der Waals surface area contributed by atoms with Crippen LogP contribution in [0.4, 0.5) is 11.5 Å². The van der Waals surface area contributed by atoms with Gasteiger partial charge in [0.1, 0.15) is 5.82 Å². The third-order valence-corrected chi connectivity index (χ3v) is 1.59. The molecular weight excluding hydrogens is 194 g/mol. The fourth-order valence-corrected chi connectivity index (χ4v) is 0.981. The van der Waals surface area contributed by atoms with Crippen LogP contribution in [-0.4, -0.2) is 12.0 Å². The summed E-state index contributed by atoms with van der Waals surface area (Å²) in [6.45, 7) is 0.